The van der Waals surface area contributed by atoms with Crippen LogP contribution in [0.25, 0.3) is 0 Å². The third-order valence-corrected chi connectivity index (χ3v) is 3.56. The van der Waals surface area contributed by atoms with E-state index in [1.54, 1.807) is 0 Å². The Morgan fingerprint density at radius 2 is 2.00 bits per heavy atom. The third-order valence-electron chi connectivity index (χ3n) is 1.94. The molecule has 0 fully saturated rings. The molecule has 2 aromatic rings. The molecule has 1 aromatic carbocycles. The van der Waals surface area contributed by atoms with E-state index >= 15 is 0 Å². The van der Waals surface area contributed by atoms with Crippen molar-refractivity contribution in [2.75, 3.05) is 11.9 Å². The first kappa shape index (κ1) is 14.3. The fraction of sp³-hybridized carbons (Fsp3) is 0.100. The summed E-state index contributed by atoms with van der Waals surface area (Å²) in [6.07, 6.45) is 0. The number of rotatable bonds is 4. The second kappa shape index (κ2) is 6.38. The van der Waals surface area contributed by atoms with Gasteiger partial charge in [-0.2, -0.15) is 0 Å². The van der Waals surface area contributed by atoms with E-state index in [-0.39, 0.29) is 23.3 Å². The third kappa shape index (κ3) is 3.94. The summed E-state index contributed by atoms with van der Waals surface area (Å²) >= 11 is 18.7. The summed E-state index contributed by atoms with van der Waals surface area (Å²) in [5, 5.41) is 11.1. The quantitative estimate of drug-likeness (QED) is 0.866. The SMILES string of the molecule is O=C(COc1cc(Cl)c(Cl)cc1Cl)Nc1nncs1. The van der Waals surface area contributed by atoms with Crippen molar-refractivity contribution in [2.45, 2.75) is 0 Å². The van der Waals surface area contributed by atoms with Crippen LogP contribution in [-0.2, 0) is 4.79 Å². The molecule has 0 spiro atoms. The van der Waals surface area contributed by atoms with Gasteiger partial charge in [0.1, 0.15) is 11.3 Å². The summed E-state index contributed by atoms with van der Waals surface area (Å²) in [6, 6.07) is 2.90. The molecule has 1 N–H and O–H groups in total. The standard InChI is InChI=1S/C10H6Cl3N3O2S/c11-5-1-7(13)8(2-6(5)12)18-3-9(17)15-10-16-14-4-19-10/h1-2,4H,3H2,(H,15,16,17). The minimum Gasteiger partial charge on any atom is -0.482 e. The highest BCUT2D eigenvalue weighted by Crippen LogP contribution is 2.33. The largest absolute Gasteiger partial charge is 0.482 e. The van der Waals surface area contributed by atoms with Crippen molar-refractivity contribution >= 4 is 57.2 Å². The number of halogens is 3. The lowest BCUT2D eigenvalue weighted by Crippen LogP contribution is -2.20. The molecule has 2 rings (SSSR count). The first-order valence-corrected chi connectivity index (χ1v) is 6.91. The topological polar surface area (TPSA) is 64.1 Å². The fourth-order valence-corrected chi connectivity index (χ4v) is 2.19. The molecule has 1 amide bonds. The zero-order valence-corrected chi connectivity index (χ0v) is 12.3. The van der Waals surface area contributed by atoms with Crippen molar-refractivity contribution in [1.29, 1.82) is 0 Å². The van der Waals surface area contributed by atoms with Crippen molar-refractivity contribution in [3.05, 3.63) is 32.7 Å². The molecule has 0 saturated carbocycles. The van der Waals surface area contributed by atoms with Gasteiger partial charge in [-0.15, -0.1) is 10.2 Å². The Balaban J connectivity index is 1.95. The zero-order valence-electron chi connectivity index (χ0n) is 9.19. The van der Waals surface area contributed by atoms with Gasteiger partial charge in [0.25, 0.3) is 5.91 Å². The minimum absolute atomic E-state index is 0.225. The summed E-state index contributed by atoms with van der Waals surface area (Å²) in [6.45, 7) is -0.225. The molecule has 0 aliphatic heterocycles. The van der Waals surface area contributed by atoms with Crippen LogP contribution in [0.15, 0.2) is 17.6 Å². The molecule has 1 heterocycles. The van der Waals surface area contributed by atoms with Gasteiger partial charge in [0.2, 0.25) is 5.13 Å². The zero-order chi connectivity index (χ0) is 13.8. The van der Waals surface area contributed by atoms with Gasteiger partial charge in [-0.25, -0.2) is 0 Å². The first-order valence-electron chi connectivity index (χ1n) is 4.89. The molecule has 0 aliphatic carbocycles. The molecule has 0 saturated heterocycles. The predicted octanol–water partition coefficient (Wildman–Crippen LogP) is 3.52. The Morgan fingerprint density at radius 3 is 2.68 bits per heavy atom. The number of amides is 1. The summed E-state index contributed by atoms with van der Waals surface area (Å²) in [5.74, 6) is -0.0950. The van der Waals surface area contributed by atoms with E-state index in [1.165, 1.54) is 29.0 Å². The van der Waals surface area contributed by atoms with Crippen molar-refractivity contribution in [3.8, 4) is 5.75 Å². The van der Waals surface area contributed by atoms with E-state index < -0.39 is 0 Å². The van der Waals surface area contributed by atoms with E-state index in [0.29, 0.717) is 15.2 Å². The first-order chi connectivity index (χ1) is 9.06. The maximum absolute atomic E-state index is 11.5. The van der Waals surface area contributed by atoms with Gasteiger partial charge in [-0.3, -0.25) is 10.1 Å². The highest BCUT2D eigenvalue weighted by molar-refractivity contribution is 7.13. The Hall–Kier alpha value is -1.08. The second-order valence-corrected chi connectivity index (χ2v) is 5.33. The average molecular weight is 339 g/mol. The lowest BCUT2D eigenvalue weighted by atomic mass is 10.3. The number of carbonyl (C=O) groups excluding carboxylic acids is 1. The molecule has 1 aromatic heterocycles. The van der Waals surface area contributed by atoms with Crippen molar-refractivity contribution in [2.24, 2.45) is 0 Å². The smallest absolute Gasteiger partial charge is 0.264 e. The average Bonchev–Trinajstić information content (AvgIpc) is 2.85. The maximum Gasteiger partial charge on any atom is 0.264 e. The fourth-order valence-electron chi connectivity index (χ4n) is 1.14. The number of hydrogen-bond acceptors (Lipinski definition) is 5. The van der Waals surface area contributed by atoms with E-state index in [9.17, 15) is 4.79 Å². The van der Waals surface area contributed by atoms with Gasteiger partial charge in [0.15, 0.2) is 6.61 Å². The highest BCUT2D eigenvalue weighted by atomic mass is 35.5. The van der Waals surface area contributed by atoms with Crippen LogP contribution in [0, 0.1) is 0 Å². The molecule has 5 nitrogen and oxygen atoms in total. The van der Waals surface area contributed by atoms with Gasteiger partial charge in [0.05, 0.1) is 15.1 Å². The monoisotopic (exact) mass is 337 g/mol. The van der Waals surface area contributed by atoms with E-state index in [1.807, 2.05) is 0 Å². The second-order valence-electron chi connectivity index (χ2n) is 3.28. The van der Waals surface area contributed by atoms with Crippen LogP contribution in [0.1, 0.15) is 0 Å². The molecule has 0 bridgehead atoms. The molecule has 19 heavy (non-hydrogen) atoms. The molecule has 0 aliphatic rings. The van der Waals surface area contributed by atoms with Crippen LogP contribution in [0.5, 0.6) is 5.75 Å². The van der Waals surface area contributed by atoms with Gasteiger partial charge < -0.3 is 4.74 Å². The minimum atomic E-state index is -0.376. The van der Waals surface area contributed by atoms with Crippen molar-refractivity contribution in [1.82, 2.24) is 10.2 Å². The summed E-state index contributed by atoms with van der Waals surface area (Å²) in [4.78, 5) is 11.5. The lowest BCUT2D eigenvalue weighted by Gasteiger charge is -2.08. The molecule has 0 radical (unpaired) electrons. The van der Waals surface area contributed by atoms with Crippen LogP contribution >= 0.6 is 46.1 Å². The Labute approximate surface area is 127 Å². The van der Waals surface area contributed by atoms with Crippen molar-refractivity contribution < 1.29 is 9.53 Å². The maximum atomic E-state index is 11.5. The van der Waals surface area contributed by atoms with E-state index in [2.05, 4.69) is 15.5 Å². The molecule has 100 valence electrons. The molecule has 0 atom stereocenters. The van der Waals surface area contributed by atoms with Crippen LogP contribution in [0.3, 0.4) is 0 Å². The van der Waals surface area contributed by atoms with Gasteiger partial charge in [-0.05, 0) is 6.07 Å². The number of nitrogens with one attached hydrogen (secondary N) is 1. The predicted molar refractivity (Wildman–Crippen MR) is 75.5 cm³/mol. The molecular weight excluding hydrogens is 333 g/mol. The highest BCUT2D eigenvalue weighted by Gasteiger charge is 2.10. The van der Waals surface area contributed by atoms with E-state index in [0.717, 1.165) is 0 Å². The van der Waals surface area contributed by atoms with Gasteiger partial charge in [-0.1, -0.05) is 46.1 Å². The Kier molecular flexibility index (Phi) is 4.81. The Morgan fingerprint density at radius 1 is 1.26 bits per heavy atom. The van der Waals surface area contributed by atoms with Gasteiger partial charge in [0, 0.05) is 6.07 Å². The van der Waals surface area contributed by atoms with Crippen LogP contribution in [0.2, 0.25) is 15.1 Å². The molecular formula is C10H6Cl3N3O2S. The van der Waals surface area contributed by atoms with Gasteiger partial charge >= 0.3 is 0 Å². The van der Waals surface area contributed by atoms with E-state index in [4.69, 9.17) is 39.5 Å². The number of aromatic nitrogens is 2. The number of benzene rings is 1. The summed E-state index contributed by atoms with van der Waals surface area (Å²) < 4.78 is 5.25. The summed E-state index contributed by atoms with van der Waals surface area (Å²) in [7, 11) is 0. The number of nitrogens with zero attached hydrogens (tertiary/aromatic N) is 2. The lowest BCUT2D eigenvalue weighted by molar-refractivity contribution is -0.118. The van der Waals surface area contributed by atoms with Crippen LogP contribution in [0.4, 0.5) is 5.13 Å². The summed E-state index contributed by atoms with van der Waals surface area (Å²) in [5.41, 5.74) is 1.51. The molecule has 9 heteroatoms. The molecule has 0 unspecified atom stereocenters. The number of carbonyl (C=O) groups is 1. The number of anilines is 1. The van der Waals surface area contributed by atoms with Crippen LogP contribution in [-0.4, -0.2) is 22.7 Å². The van der Waals surface area contributed by atoms with Crippen molar-refractivity contribution in [3.63, 3.8) is 0 Å². The van der Waals surface area contributed by atoms with Crippen LogP contribution < -0.4 is 10.1 Å². The normalized spacial score (nSPS) is 10.3. The number of hydrogen-bond donors (Lipinski definition) is 1. The Bertz CT molecular complexity index is 592. The number of ether oxygens (including phenoxy) is 1.